The van der Waals surface area contributed by atoms with Crippen molar-refractivity contribution in [3.8, 4) is 0 Å². The SMILES string of the molecule is CNC1CCC(Nc2ccc(Br)cn2)CC1. The number of aromatic nitrogens is 1. The Bertz CT molecular complexity index is 318. The zero-order valence-electron chi connectivity index (χ0n) is 9.54. The van der Waals surface area contributed by atoms with E-state index in [0.717, 1.165) is 10.3 Å². The van der Waals surface area contributed by atoms with Gasteiger partial charge in [0.25, 0.3) is 0 Å². The van der Waals surface area contributed by atoms with Gasteiger partial charge in [0.2, 0.25) is 0 Å². The fourth-order valence-electron chi connectivity index (χ4n) is 2.20. The van der Waals surface area contributed by atoms with E-state index in [0.29, 0.717) is 12.1 Å². The smallest absolute Gasteiger partial charge is 0.126 e. The molecule has 1 fully saturated rings. The Kier molecular flexibility index (Phi) is 4.18. The standard InChI is InChI=1S/C12H18BrN3/c1-14-10-3-5-11(6-4-10)16-12-7-2-9(13)8-15-12/h2,7-8,10-11,14H,3-6H2,1H3,(H,15,16). The second-order valence-corrected chi connectivity index (χ2v) is 5.26. The molecule has 2 rings (SSSR count). The summed E-state index contributed by atoms with van der Waals surface area (Å²) in [6.07, 6.45) is 6.80. The summed E-state index contributed by atoms with van der Waals surface area (Å²) in [6, 6.07) is 5.33. The third-order valence-corrected chi connectivity index (χ3v) is 3.68. The van der Waals surface area contributed by atoms with E-state index in [2.05, 4.69) is 38.6 Å². The molecule has 1 aliphatic rings. The van der Waals surface area contributed by atoms with Gasteiger partial charge < -0.3 is 10.6 Å². The van der Waals surface area contributed by atoms with Gasteiger partial charge in [-0.05, 0) is 60.8 Å². The minimum Gasteiger partial charge on any atom is -0.367 e. The van der Waals surface area contributed by atoms with Crippen LogP contribution in [0.5, 0.6) is 0 Å². The number of nitrogens with one attached hydrogen (secondary N) is 2. The van der Waals surface area contributed by atoms with Gasteiger partial charge in [-0.3, -0.25) is 0 Å². The van der Waals surface area contributed by atoms with Crippen molar-refractivity contribution in [2.45, 2.75) is 37.8 Å². The molecule has 0 bridgehead atoms. The van der Waals surface area contributed by atoms with E-state index in [4.69, 9.17) is 0 Å². The number of hydrogen-bond donors (Lipinski definition) is 2. The molecule has 16 heavy (non-hydrogen) atoms. The molecule has 1 aromatic heterocycles. The molecule has 1 saturated carbocycles. The summed E-state index contributed by atoms with van der Waals surface area (Å²) in [7, 11) is 2.05. The lowest BCUT2D eigenvalue weighted by atomic mass is 9.91. The first kappa shape index (κ1) is 11.9. The molecule has 1 aromatic rings. The zero-order valence-corrected chi connectivity index (χ0v) is 11.1. The van der Waals surface area contributed by atoms with E-state index in [1.165, 1.54) is 25.7 Å². The Labute approximate surface area is 105 Å². The number of hydrogen-bond acceptors (Lipinski definition) is 3. The minimum atomic E-state index is 0.582. The highest BCUT2D eigenvalue weighted by molar-refractivity contribution is 9.10. The lowest BCUT2D eigenvalue weighted by Gasteiger charge is -2.29. The topological polar surface area (TPSA) is 37.0 Å². The Balaban J connectivity index is 1.84. The van der Waals surface area contributed by atoms with Crippen molar-refractivity contribution in [1.29, 1.82) is 0 Å². The molecular formula is C12H18BrN3. The molecule has 0 radical (unpaired) electrons. The van der Waals surface area contributed by atoms with E-state index in [1.54, 1.807) is 0 Å². The summed E-state index contributed by atoms with van der Waals surface area (Å²) < 4.78 is 1.02. The Morgan fingerprint density at radius 3 is 2.44 bits per heavy atom. The highest BCUT2D eigenvalue weighted by Gasteiger charge is 2.19. The molecule has 88 valence electrons. The molecule has 0 unspecified atom stereocenters. The van der Waals surface area contributed by atoms with Crippen LogP contribution in [0.1, 0.15) is 25.7 Å². The first-order valence-electron chi connectivity index (χ1n) is 5.83. The van der Waals surface area contributed by atoms with E-state index in [1.807, 2.05) is 18.3 Å². The second-order valence-electron chi connectivity index (χ2n) is 4.34. The van der Waals surface area contributed by atoms with Crippen LogP contribution in [0.3, 0.4) is 0 Å². The molecule has 3 nitrogen and oxygen atoms in total. The van der Waals surface area contributed by atoms with E-state index in [9.17, 15) is 0 Å². The summed E-state index contributed by atoms with van der Waals surface area (Å²) >= 11 is 3.39. The average molecular weight is 284 g/mol. The van der Waals surface area contributed by atoms with Crippen LogP contribution in [-0.4, -0.2) is 24.1 Å². The lowest BCUT2D eigenvalue weighted by molar-refractivity contribution is 0.371. The third kappa shape index (κ3) is 3.19. The number of rotatable bonds is 3. The normalized spacial score (nSPS) is 25.4. The van der Waals surface area contributed by atoms with Gasteiger partial charge in [-0.2, -0.15) is 0 Å². The van der Waals surface area contributed by atoms with Gasteiger partial charge in [0.1, 0.15) is 5.82 Å². The minimum absolute atomic E-state index is 0.582. The summed E-state index contributed by atoms with van der Waals surface area (Å²) in [5.41, 5.74) is 0. The Morgan fingerprint density at radius 2 is 1.88 bits per heavy atom. The predicted molar refractivity (Wildman–Crippen MR) is 70.7 cm³/mol. The van der Waals surface area contributed by atoms with Crippen LogP contribution in [0.15, 0.2) is 22.8 Å². The van der Waals surface area contributed by atoms with Crippen molar-refractivity contribution in [3.63, 3.8) is 0 Å². The quantitative estimate of drug-likeness (QED) is 0.896. The third-order valence-electron chi connectivity index (χ3n) is 3.21. The molecule has 0 aromatic carbocycles. The van der Waals surface area contributed by atoms with Crippen LogP contribution >= 0.6 is 15.9 Å². The van der Waals surface area contributed by atoms with Gasteiger partial charge in [-0.25, -0.2) is 4.98 Å². The highest BCUT2D eigenvalue weighted by atomic mass is 79.9. The van der Waals surface area contributed by atoms with Crippen molar-refractivity contribution in [2.24, 2.45) is 0 Å². The summed E-state index contributed by atoms with van der Waals surface area (Å²) in [6.45, 7) is 0. The fourth-order valence-corrected chi connectivity index (χ4v) is 2.43. The number of halogens is 1. The van der Waals surface area contributed by atoms with E-state index >= 15 is 0 Å². The maximum absolute atomic E-state index is 4.34. The molecule has 1 aliphatic carbocycles. The van der Waals surface area contributed by atoms with Gasteiger partial charge in [0.05, 0.1) is 0 Å². The first-order chi connectivity index (χ1) is 7.78. The van der Waals surface area contributed by atoms with E-state index in [-0.39, 0.29) is 0 Å². The largest absolute Gasteiger partial charge is 0.367 e. The van der Waals surface area contributed by atoms with Gasteiger partial charge in [-0.1, -0.05) is 0 Å². The van der Waals surface area contributed by atoms with Crippen molar-refractivity contribution < 1.29 is 0 Å². The average Bonchev–Trinajstić information content (AvgIpc) is 2.33. The van der Waals surface area contributed by atoms with Crippen LogP contribution in [0.2, 0.25) is 0 Å². The molecule has 0 saturated heterocycles. The van der Waals surface area contributed by atoms with Crippen LogP contribution in [-0.2, 0) is 0 Å². The molecule has 0 atom stereocenters. The monoisotopic (exact) mass is 283 g/mol. The Hall–Kier alpha value is -0.610. The van der Waals surface area contributed by atoms with Gasteiger partial charge >= 0.3 is 0 Å². The fraction of sp³-hybridized carbons (Fsp3) is 0.583. The molecule has 0 spiro atoms. The van der Waals surface area contributed by atoms with E-state index < -0.39 is 0 Å². The van der Waals surface area contributed by atoms with Crippen LogP contribution in [0.25, 0.3) is 0 Å². The molecule has 1 heterocycles. The van der Waals surface area contributed by atoms with Gasteiger partial charge in [-0.15, -0.1) is 0 Å². The molecular weight excluding hydrogens is 266 g/mol. The van der Waals surface area contributed by atoms with Crippen LogP contribution < -0.4 is 10.6 Å². The molecule has 0 amide bonds. The number of nitrogens with zero attached hydrogens (tertiary/aromatic N) is 1. The number of pyridine rings is 1. The van der Waals surface area contributed by atoms with Crippen LogP contribution in [0, 0.1) is 0 Å². The zero-order chi connectivity index (χ0) is 11.4. The second kappa shape index (κ2) is 5.64. The molecule has 4 heteroatoms. The van der Waals surface area contributed by atoms with Crippen molar-refractivity contribution in [2.75, 3.05) is 12.4 Å². The van der Waals surface area contributed by atoms with Crippen molar-refractivity contribution in [1.82, 2.24) is 10.3 Å². The highest BCUT2D eigenvalue weighted by Crippen LogP contribution is 2.21. The van der Waals surface area contributed by atoms with Crippen LogP contribution in [0.4, 0.5) is 5.82 Å². The molecule has 2 N–H and O–H groups in total. The van der Waals surface area contributed by atoms with Gasteiger partial charge in [0.15, 0.2) is 0 Å². The van der Waals surface area contributed by atoms with Crippen molar-refractivity contribution in [3.05, 3.63) is 22.8 Å². The first-order valence-corrected chi connectivity index (χ1v) is 6.62. The summed E-state index contributed by atoms with van der Waals surface area (Å²) in [5.74, 6) is 0.983. The summed E-state index contributed by atoms with van der Waals surface area (Å²) in [5, 5.41) is 6.84. The van der Waals surface area contributed by atoms with Crippen molar-refractivity contribution >= 4 is 21.7 Å². The van der Waals surface area contributed by atoms with Gasteiger partial charge in [0, 0.05) is 22.8 Å². The maximum atomic E-state index is 4.34. The Morgan fingerprint density at radius 1 is 1.19 bits per heavy atom. The summed E-state index contributed by atoms with van der Waals surface area (Å²) in [4.78, 5) is 4.34. The predicted octanol–water partition coefficient (Wildman–Crippen LogP) is 2.79. The maximum Gasteiger partial charge on any atom is 0.126 e. The lowest BCUT2D eigenvalue weighted by Crippen LogP contribution is -2.35. The molecule has 0 aliphatic heterocycles. The number of anilines is 1.